The van der Waals surface area contributed by atoms with E-state index in [2.05, 4.69) is 17.2 Å². The largest absolute Gasteiger partial charge is 0.384 e. The number of nitrogens with zero attached hydrogens (tertiary/aromatic N) is 4. The van der Waals surface area contributed by atoms with Gasteiger partial charge in [-0.1, -0.05) is 0 Å². The number of piperidine rings is 1. The molecule has 0 spiro atoms. The van der Waals surface area contributed by atoms with Crippen LogP contribution in [0.5, 0.6) is 0 Å². The Kier molecular flexibility index (Phi) is 5.48. The van der Waals surface area contributed by atoms with E-state index in [0.29, 0.717) is 18.9 Å². The predicted octanol–water partition coefficient (Wildman–Crippen LogP) is 2.53. The van der Waals surface area contributed by atoms with Crippen molar-refractivity contribution in [1.29, 1.82) is 0 Å². The number of ether oxygens (including phenoxy) is 1. The van der Waals surface area contributed by atoms with Crippen LogP contribution >= 0.6 is 0 Å². The second-order valence-electron chi connectivity index (χ2n) is 6.72. The molecule has 0 saturated carbocycles. The van der Waals surface area contributed by atoms with Crippen LogP contribution in [0.25, 0.3) is 11.1 Å². The van der Waals surface area contributed by atoms with Crippen LogP contribution in [-0.4, -0.2) is 52.4 Å². The number of likely N-dealkylation sites (tertiary alicyclic amines) is 1. The first-order chi connectivity index (χ1) is 12.1. The second kappa shape index (κ2) is 7.78. The van der Waals surface area contributed by atoms with E-state index < -0.39 is 0 Å². The minimum Gasteiger partial charge on any atom is -0.384 e. The van der Waals surface area contributed by atoms with E-state index in [1.165, 1.54) is 0 Å². The molecule has 3 heterocycles. The van der Waals surface area contributed by atoms with Gasteiger partial charge < -0.3 is 9.64 Å². The Morgan fingerprint density at radius 1 is 1.28 bits per heavy atom. The van der Waals surface area contributed by atoms with Crippen molar-refractivity contribution < 1.29 is 9.53 Å². The van der Waals surface area contributed by atoms with Gasteiger partial charge in [-0.2, -0.15) is 5.10 Å². The third kappa shape index (κ3) is 4.25. The number of hydrogen-bond acceptors (Lipinski definition) is 4. The van der Waals surface area contributed by atoms with Crippen molar-refractivity contribution in [2.45, 2.75) is 32.1 Å². The standard InChI is InChI=1S/C19H26N4O2/c1-14-10-16(17-12-20-22(2)13-17)11-18(21-14)15-4-7-23(8-5-15)19(24)6-9-25-3/h10-13,15H,4-9H2,1-3H3. The monoisotopic (exact) mass is 342 g/mol. The van der Waals surface area contributed by atoms with Crippen LogP contribution in [0.3, 0.4) is 0 Å². The predicted molar refractivity (Wildman–Crippen MR) is 96.2 cm³/mol. The molecular weight excluding hydrogens is 316 g/mol. The summed E-state index contributed by atoms with van der Waals surface area (Å²) in [5.41, 5.74) is 4.42. The number of carbonyl (C=O) groups is 1. The number of carbonyl (C=O) groups excluding carboxylic acids is 1. The molecule has 2 aromatic heterocycles. The molecule has 3 rings (SSSR count). The lowest BCUT2D eigenvalue weighted by molar-refractivity contribution is -0.133. The average Bonchev–Trinajstić information content (AvgIpc) is 3.06. The highest BCUT2D eigenvalue weighted by Crippen LogP contribution is 2.30. The van der Waals surface area contributed by atoms with Crippen molar-refractivity contribution >= 4 is 5.91 Å². The molecule has 25 heavy (non-hydrogen) atoms. The molecular formula is C19H26N4O2. The topological polar surface area (TPSA) is 60.2 Å². The van der Waals surface area contributed by atoms with Crippen LogP contribution in [0, 0.1) is 6.92 Å². The molecule has 0 N–H and O–H groups in total. The van der Waals surface area contributed by atoms with Gasteiger partial charge in [-0.05, 0) is 37.5 Å². The van der Waals surface area contributed by atoms with Crippen LogP contribution in [0.1, 0.15) is 36.6 Å². The molecule has 0 bridgehead atoms. The number of aryl methyl sites for hydroxylation is 2. The molecule has 0 atom stereocenters. The highest BCUT2D eigenvalue weighted by atomic mass is 16.5. The first kappa shape index (κ1) is 17.6. The fourth-order valence-corrected chi connectivity index (χ4v) is 3.41. The van der Waals surface area contributed by atoms with Gasteiger partial charge in [-0.15, -0.1) is 0 Å². The van der Waals surface area contributed by atoms with E-state index in [9.17, 15) is 4.79 Å². The molecule has 1 aliphatic rings. The molecule has 2 aromatic rings. The molecule has 0 aromatic carbocycles. The number of pyridine rings is 1. The Hall–Kier alpha value is -2.21. The molecule has 1 amide bonds. The van der Waals surface area contributed by atoms with Crippen molar-refractivity contribution in [3.63, 3.8) is 0 Å². The normalized spacial score (nSPS) is 15.6. The van der Waals surface area contributed by atoms with Crippen molar-refractivity contribution in [2.75, 3.05) is 26.8 Å². The number of aromatic nitrogens is 3. The van der Waals surface area contributed by atoms with Crippen molar-refractivity contribution in [2.24, 2.45) is 7.05 Å². The summed E-state index contributed by atoms with van der Waals surface area (Å²) < 4.78 is 6.81. The van der Waals surface area contributed by atoms with Crippen LogP contribution in [0.4, 0.5) is 0 Å². The second-order valence-corrected chi connectivity index (χ2v) is 6.72. The summed E-state index contributed by atoms with van der Waals surface area (Å²) in [6.45, 7) is 4.12. The van der Waals surface area contributed by atoms with E-state index in [1.807, 2.05) is 35.9 Å². The van der Waals surface area contributed by atoms with Crippen molar-refractivity contribution in [1.82, 2.24) is 19.7 Å². The maximum atomic E-state index is 12.1. The Labute approximate surface area is 148 Å². The van der Waals surface area contributed by atoms with Gasteiger partial charge in [0.2, 0.25) is 5.91 Å². The summed E-state index contributed by atoms with van der Waals surface area (Å²) in [5, 5.41) is 4.26. The van der Waals surface area contributed by atoms with E-state index in [4.69, 9.17) is 9.72 Å². The van der Waals surface area contributed by atoms with Gasteiger partial charge in [0.05, 0.1) is 19.2 Å². The molecule has 6 heteroatoms. The minimum absolute atomic E-state index is 0.188. The lowest BCUT2D eigenvalue weighted by Gasteiger charge is -2.32. The average molecular weight is 342 g/mol. The summed E-state index contributed by atoms with van der Waals surface area (Å²) in [5.74, 6) is 0.593. The van der Waals surface area contributed by atoms with E-state index in [-0.39, 0.29) is 5.91 Å². The number of amides is 1. The maximum Gasteiger partial charge on any atom is 0.224 e. The third-order valence-corrected chi connectivity index (χ3v) is 4.80. The minimum atomic E-state index is 0.188. The Bertz CT molecular complexity index is 733. The highest BCUT2D eigenvalue weighted by molar-refractivity contribution is 5.76. The fraction of sp³-hybridized carbons (Fsp3) is 0.526. The summed E-state index contributed by atoms with van der Waals surface area (Å²) in [6.07, 6.45) is 6.30. The SMILES string of the molecule is COCCC(=O)N1CCC(c2cc(-c3cnn(C)c3)cc(C)n2)CC1. The molecule has 0 unspecified atom stereocenters. The Morgan fingerprint density at radius 3 is 2.68 bits per heavy atom. The smallest absolute Gasteiger partial charge is 0.224 e. The summed E-state index contributed by atoms with van der Waals surface area (Å²) >= 11 is 0. The zero-order valence-corrected chi connectivity index (χ0v) is 15.2. The first-order valence-electron chi connectivity index (χ1n) is 8.81. The zero-order valence-electron chi connectivity index (χ0n) is 15.2. The van der Waals surface area contributed by atoms with Gasteiger partial charge in [0.15, 0.2) is 0 Å². The molecule has 6 nitrogen and oxygen atoms in total. The maximum absolute atomic E-state index is 12.1. The van der Waals surface area contributed by atoms with Gasteiger partial charge >= 0.3 is 0 Å². The van der Waals surface area contributed by atoms with Crippen LogP contribution in [-0.2, 0) is 16.6 Å². The Balaban J connectivity index is 1.69. The quantitative estimate of drug-likeness (QED) is 0.838. The molecule has 1 fully saturated rings. The van der Waals surface area contributed by atoms with Crippen LogP contribution < -0.4 is 0 Å². The Morgan fingerprint density at radius 2 is 2.04 bits per heavy atom. The van der Waals surface area contributed by atoms with Crippen LogP contribution in [0.15, 0.2) is 24.5 Å². The molecule has 0 radical (unpaired) electrons. The van der Waals surface area contributed by atoms with Gasteiger partial charge in [-0.3, -0.25) is 14.5 Å². The summed E-state index contributed by atoms with van der Waals surface area (Å²) in [6, 6.07) is 4.28. The summed E-state index contributed by atoms with van der Waals surface area (Å²) in [4.78, 5) is 18.8. The van der Waals surface area contributed by atoms with Gasteiger partial charge in [-0.25, -0.2) is 0 Å². The van der Waals surface area contributed by atoms with Gasteiger partial charge in [0.1, 0.15) is 0 Å². The van der Waals surface area contributed by atoms with Crippen LogP contribution in [0.2, 0.25) is 0 Å². The zero-order chi connectivity index (χ0) is 17.8. The van der Waals surface area contributed by atoms with Crippen molar-refractivity contribution in [3.05, 3.63) is 35.9 Å². The third-order valence-electron chi connectivity index (χ3n) is 4.80. The summed E-state index contributed by atoms with van der Waals surface area (Å²) in [7, 11) is 3.55. The van der Waals surface area contributed by atoms with E-state index in [0.717, 1.165) is 48.4 Å². The molecule has 134 valence electrons. The van der Waals surface area contributed by atoms with E-state index in [1.54, 1.807) is 7.11 Å². The highest BCUT2D eigenvalue weighted by Gasteiger charge is 2.24. The van der Waals surface area contributed by atoms with Gasteiger partial charge in [0.25, 0.3) is 0 Å². The number of rotatable bonds is 5. The number of methoxy groups -OCH3 is 1. The molecule has 1 aliphatic heterocycles. The lowest BCUT2D eigenvalue weighted by atomic mass is 9.91. The molecule has 1 saturated heterocycles. The molecule has 0 aliphatic carbocycles. The number of hydrogen-bond donors (Lipinski definition) is 0. The fourth-order valence-electron chi connectivity index (χ4n) is 3.41. The lowest BCUT2D eigenvalue weighted by Crippen LogP contribution is -2.38. The van der Waals surface area contributed by atoms with Crippen molar-refractivity contribution in [3.8, 4) is 11.1 Å². The van der Waals surface area contributed by atoms with E-state index >= 15 is 0 Å². The van der Waals surface area contributed by atoms with Gasteiger partial charge in [0, 0.05) is 56.3 Å². The first-order valence-corrected chi connectivity index (χ1v) is 8.81.